The zero-order valence-corrected chi connectivity index (χ0v) is 40.4. The summed E-state index contributed by atoms with van der Waals surface area (Å²) >= 11 is 0. The third-order valence-electron chi connectivity index (χ3n) is 12.5. The molecule has 12 heteroatoms. The van der Waals surface area contributed by atoms with Crippen molar-refractivity contribution in [1.82, 2.24) is 38.6 Å². The molecule has 0 aliphatic rings. The summed E-state index contributed by atoms with van der Waals surface area (Å²) < 4.78 is 19.5. The van der Waals surface area contributed by atoms with Crippen molar-refractivity contribution >= 4 is 87.0 Å². The largest absolute Gasteiger partial charge is 2.00 e. The molecule has 69 heavy (non-hydrogen) atoms. The first-order valence-corrected chi connectivity index (χ1v) is 21.7. The Labute approximate surface area is 422 Å². The van der Waals surface area contributed by atoms with Crippen molar-refractivity contribution in [3.8, 4) is 40.6 Å². The van der Waals surface area contributed by atoms with Gasteiger partial charge < -0.3 is 23.2 Å². The van der Waals surface area contributed by atoms with E-state index in [-0.39, 0.29) is 42.1 Å². The van der Waals surface area contributed by atoms with Crippen molar-refractivity contribution in [2.75, 3.05) is 0 Å². The third kappa shape index (κ3) is 6.81. The van der Waals surface area contributed by atoms with Gasteiger partial charge in [0.2, 0.25) is 5.95 Å². The maximum atomic E-state index is 6.62. The number of aromatic nitrogens is 8. The fourth-order valence-electron chi connectivity index (χ4n) is 9.60. The van der Waals surface area contributed by atoms with Crippen molar-refractivity contribution in [1.29, 1.82) is 0 Å². The van der Waals surface area contributed by atoms with Crippen LogP contribution in [-0.4, -0.2) is 38.6 Å². The van der Waals surface area contributed by atoms with E-state index in [2.05, 4.69) is 121 Å². The Bertz CT molecular complexity index is 4050. The van der Waals surface area contributed by atoms with Crippen molar-refractivity contribution in [3.05, 3.63) is 207 Å². The molecule has 330 valence electrons. The van der Waals surface area contributed by atoms with Crippen LogP contribution in [0.25, 0.3) is 105 Å². The molecule has 10 nitrogen and oxygen atoms in total. The summed E-state index contributed by atoms with van der Waals surface area (Å²) in [5.74, 6) is 4.09. The van der Waals surface area contributed by atoms with Gasteiger partial charge in [-0.25, -0.2) is 24.9 Å². The van der Waals surface area contributed by atoms with Crippen LogP contribution < -0.4 is 9.47 Å². The van der Waals surface area contributed by atoms with E-state index in [4.69, 9.17) is 19.4 Å². The second-order valence-electron chi connectivity index (χ2n) is 16.2. The van der Waals surface area contributed by atoms with Gasteiger partial charge in [-0.1, -0.05) is 107 Å². The van der Waals surface area contributed by atoms with Crippen molar-refractivity contribution in [2.24, 2.45) is 0 Å². The molecule has 0 aliphatic heterocycles. The summed E-state index contributed by atoms with van der Waals surface area (Å²) in [6.07, 6.45) is 6.65. The smallest absolute Gasteiger partial charge is 0.509 e. The monoisotopic (exact) mass is 1250 g/mol. The Hall–Kier alpha value is -8.03. The van der Waals surface area contributed by atoms with E-state index in [1.165, 1.54) is 12.7 Å². The second-order valence-corrected chi connectivity index (χ2v) is 16.2. The summed E-state index contributed by atoms with van der Waals surface area (Å²) in [5, 5.41) is 10.4. The molecule has 0 fully saturated rings. The first kappa shape index (κ1) is 42.3. The molecule has 0 amide bonds. The predicted molar refractivity (Wildman–Crippen MR) is 262 cm³/mol. The van der Waals surface area contributed by atoms with Gasteiger partial charge in [0, 0.05) is 57.2 Å². The maximum Gasteiger partial charge on any atom is 2.00 e. The molecule has 0 saturated heterocycles. The quantitative estimate of drug-likeness (QED) is 0.147. The number of hydrogen-bond donors (Lipinski definition) is 0. The Morgan fingerprint density at radius 3 is 1.13 bits per heavy atom. The van der Waals surface area contributed by atoms with Crippen LogP contribution in [0.5, 0.6) is 23.0 Å². The van der Waals surface area contributed by atoms with Crippen LogP contribution >= 0.6 is 0 Å². The first-order valence-electron chi connectivity index (χ1n) is 21.7. The van der Waals surface area contributed by atoms with Gasteiger partial charge in [-0.15, -0.1) is 59.3 Å². The molecule has 0 unspecified atom stereocenters. The normalized spacial score (nSPS) is 11.5. The van der Waals surface area contributed by atoms with Gasteiger partial charge in [-0.2, -0.15) is 35.0 Å². The van der Waals surface area contributed by atoms with Crippen LogP contribution in [-0.2, 0) is 42.1 Å². The van der Waals surface area contributed by atoms with Gasteiger partial charge in [-0.3, -0.25) is 0 Å². The van der Waals surface area contributed by atoms with Crippen LogP contribution in [0, 0.1) is 24.3 Å². The number of rotatable bonds is 7. The first-order chi connectivity index (χ1) is 33.2. The van der Waals surface area contributed by atoms with Crippen LogP contribution in [0.1, 0.15) is 0 Å². The Balaban J connectivity index is 0.00000246. The van der Waals surface area contributed by atoms with Gasteiger partial charge in [-0.05, 0) is 45.8 Å². The standard InChI is InChI=1S/C57H30N8O2.2Pt/c1-3-11-41-35(9-1)25-27-59-55(41)63-49-15-7-5-13-43(49)45-21-17-37(29-51(45)63)66-39-19-23-47-48-24-20-40(32-54(48)65(53(47)31-39)57-61-33-58-34-62-57)67-38-18-22-46-44-14-6-8-16-50(44)64(52(46)30-38)56-42-12-4-2-10-36(42)26-28-60-56;;/h1-28,33-34H;;/q-4;2*+2. The summed E-state index contributed by atoms with van der Waals surface area (Å²) in [5.41, 5.74) is 5.17. The van der Waals surface area contributed by atoms with Crippen LogP contribution in [0.3, 0.4) is 0 Å². The topological polar surface area (TPSA) is 97.7 Å². The predicted octanol–water partition coefficient (Wildman–Crippen LogP) is 13.0. The van der Waals surface area contributed by atoms with Crippen molar-refractivity contribution < 1.29 is 51.6 Å². The van der Waals surface area contributed by atoms with E-state index in [9.17, 15) is 0 Å². The Morgan fingerprint density at radius 2 is 0.696 bits per heavy atom. The van der Waals surface area contributed by atoms with E-state index in [0.717, 1.165) is 87.6 Å². The minimum atomic E-state index is 0. The number of nitrogens with zero attached hydrogens (tertiary/aromatic N) is 8. The molecule has 0 N–H and O–H groups in total. The van der Waals surface area contributed by atoms with Crippen LogP contribution in [0.2, 0.25) is 0 Å². The summed E-state index contributed by atoms with van der Waals surface area (Å²) in [6.45, 7) is 0. The average molecular weight is 1250 g/mol. The molecule has 8 aromatic carbocycles. The van der Waals surface area contributed by atoms with E-state index >= 15 is 0 Å². The van der Waals surface area contributed by atoms with Gasteiger partial charge in [0.25, 0.3) is 0 Å². The SMILES string of the molecule is [Pt+2].[Pt+2].[c-]1c(Oc2[c-]c3c(cc2)c2ccccc2n3-c2nccc3ccccc23)ccc2c3ccc(Oc4[c-]c5c(cc4)c4ccccc4n5-c4nccc5ccccc45)[c-]c3n(-c3ncncn3)c12. The van der Waals surface area contributed by atoms with Gasteiger partial charge in [0.1, 0.15) is 24.3 Å². The van der Waals surface area contributed by atoms with Crippen molar-refractivity contribution in [2.45, 2.75) is 0 Å². The van der Waals surface area contributed by atoms with Gasteiger partial charge in [0.05, 0.1) is 0 Å². The number of para-hydroxylation sites is 2. The van der Waals surface area contributed by atoms with Crippen LogP contribution in [0.15, 0.2) is 183 Å². The zero-order chi connectivity index (χ0) is 44.0. The van der Waals surface area contributed by atoms with Gasteiger partial charge in [0.15, 0.2) is 0 Å². The fraction of sp³-hybridized carbons (Fsp3) is 0. The molecule has 14 aromatic rings. The Morgan fingerprint density at radius 1 is 0.333 bits per heavy atom. The minimum Gasteiger partial charge on any atom is -0.509 e. The molecule has 0 aliphatic carbocycles. The number of pyridine rings is 2. The second kappa shape index (κ2) is 16.9. The average Bonchev–Trinajstić information content (AvgIpc) is 4.00. The van der Waals surface area contributed by atoms with Gasteiger partial charge >= 0.3 is 42.1 Å². The maximum absolute atomic E-state index is 6.62. The molecule has 14 rings (SSSR count). The molecular formula is C57H30N8O2Pt2. The van der Waals surface area contributed by atoms with E-state index in [0.29, 0.717) is 40.0 Å². The van der Waals surface area contributed by atoms with E-state index in [1.807, 2.05) is 102 Å². The fourth-order valence-corrected chi connectivity index (χ4v) is 9.60. The number of ether oxygens (including phenoxy) is 2. The zero-order valence-electron chi connectivity index (χ0n) is 35.8. The third-order valence-corrected chi connectivity index (χ3v) is 12.5. The van der Waals surface area contributed by atoms with Crippen LogP contribution in [0.4, 0.5) is 0 Å². The molecule has 0 radical (unpaired) electrons. The molecule has 6 heterocycles. The molecule has 0 saturated carbocycles. The van der Waals surface area contributed by atoms with E-state index in [1.54, 1.807) is 0 Å². The van der Waals surface area contributed by atoms with Crippen molar-refractivity contribution in [3.63, 3.8) is 0 Å². The molecule has 0 bridgehead atoms. The number of benzene rings is 8. The summed E-state index contributed by atoms with van der Waals surface area (Å²) in [4.78, 5) is 23.0. The molecular weight excluding hydrogens is 1220 g/mol. The number of fused-ring (bicyclic) bond motifs is 11. The number of hydrogen-bond acceptors (Lipinski definition) is 7. The molecule has 6 aromatic heterocycles. The minimum absolute atomic E-state index is 0. The summed E-state index contributed by atoms with van der Waals surface area (Å²) in [7, 11) is 0. The summed E-state index contributed by atoms with van der Waals surface area (Å²) in [6, 6.07) is 67.5. The molecule has 0 atom stereocenters. The van der Waals surface area contributed by atoms with E-state index < -0.39 is 0 Å². The molecule has 0 spiro atoms. The Kier molecular flexibility index (Phi) is 10.4.